The molecular weight excluding hydrogens is 267 g/mol. The van der Waals surface area contributed by atoms with E-state index < -0.39 is 24.1 Å². The Bertz CT molecular complexity index is 462. The Balaban J connectivity index is 3.05. The molecular formula is C11H12F3NO4. The summed E-state index contributed by atoms with van der Waals surface area (Å²) in [5.74, 6) is -1.68. The number of carboxylic acids is 1. The quantitative estimate of drug-likeness (QED) is 0.854. The molecule has 3 N–H and O–H groups in total. The second kappa shape index (κ2) is 5.79. The third-order valence-electron chi connectivity index (χ3n) is 2.26. The number of benzene rings is 1. The Kier molecular flexibility index (Phi) is 4.60. The van der Waals surface area contributed by atoms with E-state index in [4.69, 9.17) is 15.6 Å². The first-order valence-electron chi connectivity index (χ1n) is 5.14. The summed E-state index contributed by atoms with van der Waals surface area (Å²) >= 11 is 0. The normalized spacial score (nSPS) is 12.9. The van der Waals surface area contributed by atoms with Crippen molar-refractivity contribution in [1.82, 2.24) is 0 Å². The molecule has 1 aromatic rings. The summed E-state index contributed by atoms with van der Waals surface area (Å²) in [7, 11) is 1.29. The second-order valence-electron chi connectivity index (χ2n) is 3.67. The SMILES string of the molecule is COc1ccc(CC(N)C(=O)O)c(OC(F)(F)F)c1. The summed E-state index contributed by atoms with van der Waals surface area (Å²) in [5, 5.41) is 8.65. The first-order valence-corrected chi connectivity index (χ1v) is 5.14. The number of nitrogens with two attached hydrogens (primary N) is 1. The van der Waals surface area contributed by atoms with Gasteiger partial charge in [0, 0.05) is 12.5 Å². The van der Waals surface area contributed by atoms with Crippen LogP contribution in [0.3, 0.4) is 0 Å². The first kappa shape index (κ1) is 15.1. The average Bonchev–Trinajstić information content (AvgIpc) is 2.29. The van der Waals surface area contributed by atoms with Crippen molar-refractivity contribution < 1.29 is 32.5 Å². The lowest BCUT2D eigenvalue weighted by molar-refractivity contribution is -0.274. The molecule has 0 aromatic heterocycles. The summed E-state index contributed by atoms with van der Waals surface area (Å²) in [4.78, 5) is 10.6. The fourth-order valence-electron chi connectivity index (χ4n) is 1.37. The number of carbonyl (C=O) groups is 1. The Morgan fingerprint density at radius 3 is 2.58 bits per heavy atom. The molecule has 1 aromatic carbocycles. The molecule has 5 nitrogen and oxygen atoms in total. The highest BCUT2D eigenvalue weighted by molar-refractivity contribution is 5.73. The van der Waals surface area contributed by atoms with Crippen molar-refractivity contribution in [2.24, 2.45) is 5.73 Å². The van der Waals surface area contributed by atoms with Crippen LogP contribution < -0.4 is 15.2 Å². The monoisotopic (exact) mass is 279 g/mol. The maximum absolute atomic E-state index is 12.2. The third-order valence-corrected chi connectivity index (χ3v) is 2.26. The van der Waals surface area contributed by atoms with E-state index >= 15 is 0 Å². The van der Waals surface area contributed by atoms with E-state index in [1.807, 2.05) is 0 Å². The van der Waals surface area contributed by atoms with Gasteiger partial charge in [0.25, 0.3) is 0 Å². The lowest BCUT2D eigenvalue weighted by Gasteiger charge is -2.15. The van der Waals surface area contributed by atoms with Gasteiger partial charge >= 0.3 is 12.3 Å². The maximum Gasteiger partial charge on any atom is 0.573 e. The molecule has 0 aliphatic carbocycles. The Labute approximate surface area is 106 Å². The molecule has 0 saturated carbocycles. The molecule has 0 radical (unpaired) electrons. The van der Waals surface area contributed by atoms with Crippen molar-refractivity contribution in [3.8, 4) is 11.5 Å². The highest BCUT2D eigenvalue weighted by atomic mass is 19.4. The van der Waals surface area contributed by atoms with E-state index in [-0.39, 0.29) is 17.7 Å². The number of methoxy groups -OCH3 is 1. The van der Waals surface area contributed by atoms with E-state index in [2.05, 4.69) is 4.74 Å². The molecule has 0 bridgehead atoms. The van der Waals surface area contributed by atoms with Crippen LogP contribution in [0, 0.1) is 0 Å². The van der Waals surface area contributed by atoms with Crippen molar-refractivity contribution in [3.63, 3.8) is 0 Å². The van der Waals surface area contributed by atoms with Crippen molar-refractivity contribution in [3.05, 3.63) is 23.8 Å². The second-order valence-corrected chi connectivity index (χ2v) is 3.67. The zero-order valence-electron chi connectivity index (χ0n) is 9.90. The number of halogens is 3. The van der Waals surface area contributed by atoms with Crippen LogP contribution in [0.4, 0.5) is 13.2 Å². The van der Waals surface area contributed by atoms with Crippen molar-refractivity contribution in [2.75, 3.05) is 7.11 Å². The summed E-state index contributed by atoms with van der Waals surface area (Å²) < 4.78 is 45.3. The van der Waals surface area contributed by atoms with Gasteiger partial charge in [0.05, 0.1) is 7.11 Å². The molecule has 1 atom stereocenters. The number of aliphatic carboxylic acids is 1. The van der Waals surface area contributed by atoms with Crippen LogP contribution in [-0.4, -0.2) is 30.6 Å². The van der Waals surface area contributed by atoms with Crippen molar-refractivity contribution >= 4 is 5.97 Å². The van der Waals surface area contributed by atoms with Crippen LogP contribution >= 0.6 is 0 Å². The van der Waals surface area contributed by atoms with Gasteiger partial charge in [0.1, 0.15) is 17.5 Å². The molecule has 0 fully saturated rings. The number of hydrogen-bond acceptors (Lipinski definition) is 4. The standard InChI is InChI=1S/C11H12F3NO4/c1-18-7-3-2-6(4-8(15)10(16)17)9(5-7)19-11(12,13)14/h2-3,5,8H,4,15H2,1H3,(H,16,17). The number of rotatable bonds is 5. The highest BCUT2D eigenvalue weighted by Gasteiger charge is 2.32. The molecule has 0 heterocycles. The van der Waals surface area contributed by atoms with E-state index in [1.165, 1.54) is 19.2 Å². The number of alkyl halides is 3. The summed E-state index contributed by atoms with van der Waals surface area (Å²) in [6, 6.07) is 2.39. The Hall–Kier alpha value is -1.96. The molecule has 0 aliphatic heterocycles. The predicted octanol–water partition coefficient (Wildman–Crippen LogP) is 1.55. The Morgan fingerprint density at radius 1 is 1.47 bits per heavy atom. The van der Waals surface area contributed by atoms with Crippen molar-refractivity contribution in [1.29, 1.82) is 0 Å². The summed E-state index contributed by atoms with van der Waals surface area (Å²) in [6.07, 6.45) is -5.17. The molecule has 0 spiro atoms. The molecule has 0 amide bonds. The van der Waals surface area contributed by atoms with E-state index in [0.29, 0.717) is 0 Å². The van der Waals surface area contributed by atoms with Crippen molar-refractivity contribution in [2.45, 2.75) is 18.8 Å². The Morgan fingerprint density at radius 2 is 2.11 bits per heavy atom. The molecule has 19 heavy (non-hydrogen) atoms. The fraction of sp³-hybridized carbons (Fsp3) is 0.364. The predicted molar refractivity (Wildman–Crippen MR) is 59.0 cm³/mol. The average molecular weight is 279 g/mol. The third kappa shape index (κ3) is 4.66. The van der Waals surface area contributed by atoms with Crippen LogP contribution in [0.2, 0.25) is 0 Å². The molecule has 106 valence electrons. The number of ether oxygens (including phenoxy) is 2. The largest absolute Gasteiger partial charge is 0.573 e. The van der Waals surface area contributed by atoms with Gasteiger partial charge in [-0.25, -0.2) is 0 Å². The van der Waals surface area contributed by atoms with Gasteiger partial charge in [-0.05, 0) is 11.6 Å². The van der Waals surface area contributed by atoms with E-state index in [0.717, 1.165) is 6.07 Å². The van der Waals surface area contributed by atoms with Crippen LogP contribution in [-0.2, 0) is 11.2 Å². The minimum absolute atomic E-state index is 0.0352. The zero-order valence-corrected chi connectivity index (χ0v) is 9.90. The van der Waals surface area contributed by atoms with Gasteiger partial charge in [0.2, 0.25) is 0 Å². The lowest BCUT2D eigenvalue weighted by Crippen LogP contribution is -2.32. The topological polar surface area (TPSA) is 81.8 Å². The summed E-state index contributed by atoms with van der Waals surface area (Å²) in [5.41, 5.74) is 5.32. The lowest BCUT2D eigenvalue weighted by atomic mass is 10.1. The van der Waals surface area contributed by atoms with Gasteiger partial charge in [-0.1, -0.05) is 6.07 Å². The minimum atomic E-state index is -4.88. The summed E-state index contributed by atoms with van der Waals surface area (Å²) in [6.45, 7) is 0. The molecule has 8 heteroatoms. The van der Waals surface area contributed by atoms with Crippen LogP contribution in [0.5, 0.6) is 11.5 Å². The van der Waals surface area contributed by atoms with Crippen LogP contribution in [0.25, 0.3) is 0 Å². The van der Waals surface area contributed by atoms with Gasteiger partial charge < -0.3 is 20.3 Å². The maximum atomic E-state index is 12.2. The van der Waals surface area contributed by atoms with Crippen LogP contribution in [0.1, 0.15) is 5.56 Å². The molecule has 1 rings (SSSR count). The van der Waals surface area contributed by atoms with E-state index in [9.17, 15) is 18.0 Å². The minimum Gasteiger partial charge on any atom is -0.497 e. The van der Waals surface area contributed by atoms with Gasteiger partial charge in [-0.3, -0.25) is 4.79 Å². The van der Waals surface area contributed by atoms with Crippen LogP contribution in [0.15, 0.2) is 18.2 Å². The molecule has 0 saturated heterocycles. The molecule has 1 unspecified atom stereocenters. The van der Waals surface area contributed by atoms with Gasteiger partial charge in [-0.2, -0.15) is 0 Å². The number of carboxylic acid groups (broad SMARTS) is 1. The first-order chi connectivity index (χ1) is 8.73. The fourth-order valence-corrected chi connectivity index (χ4v) is 1.37. The highest BCUT2D eigenvalue weighted by Crippen LogP contribution is 2.30. The van der Waals surface area contributed by atoms with E-state index in [1.54, 1.807) is 0 Å². The van der Waals surface area contributed by atoms with Gasteiger partial charge in [-0.15, -0.1) is 13.2 Å². The zero-order chi connectivity index (χ0) is 14.6. The van der Waals surface area contributed by atoms with Gasteiger partial charge in [0.15, 0.2) is 0 Å². The number of hydrogen-bond donors (Lipinski definition) is 2. The smallest absolute Gasteiger partial charge is 0.497 e. The molecule has 0 aliphatic rings.